The Bertz CT molecular complexity index is 699. The first-order valence-corrected chi connectivity index (χ1v) is 9.29. The summed E-state index contributed by atoms with van der Waals surface area (Å²) in [6, 6.07) is 7.89. The first-order chi connectivity index (χ1) is 11.7. The smallest absolute Gasteiger partial charge is 0.120 e. The van der Waals surface area contributed by atoms with Gasteiger partial charge in [0, 0.05) is 23.2 Å². The number of phenolic OH excluding ortho intramolecular Hbond substituents is 1. The van der Waals surface area contributed by atoms with Gasteiger partial charge in [0.15, 0.2) is 0 Å². The molecule has 4 bridgehead atoms. The van der Waals surface area contributed by atoms with Crippen LogP contribution >= 0.6 is 0 Å². The Morgan fingerprint density at radius 3 is 2.29 bits per heavy atom. The van der Waals surface area contributed by atoms with E-state index in [1.165, 1.54) is 38.5 Å². The van der Waals surface area contributed by atoms with Crippen molar-refractivity contribution < 1.29 is 9.52 Å². The number of hydrogen-bond donors (Lipinski definition) is 2. The molecule has 0 unspecified atom stereocenters. The molecule has 0 aliphatic heterocycles. The zero-order valence-electron chi connectivity index (χ0n) is 14.0. The Kier molecular flexibility index (Phi) is 3.27. The fraction of sp³-hybridized carbons (Fsp3) is 0.524. The molecule has 1 aromatic carbocycles. The van der Waals surface area contributed by atoms with Crippen molar-refractivity contribution in [1.29, 1.82) is 0 Å². The second kappa shape index (κ2) is 5.38. The zero-order valence-corrected chi connectivity index (χ0v) is 14.0. The highest BCUT2D eigenvalue weighted by molar-refractivity contribution is 5.64. The molecule has 1 aromatic heterocycles. The van der Waals surface area contributed by atoms with Crippen LogP contribution < -0.4 is 5.32 Å². The lowest BCUT2D eigenvalue weighted by Crippen LogP contribution is -2.58. The van der Waals surface area contributed by atoms with Crippen molar-refractivity contribution in [3.05, 3.63) is 42.4 Å². The molecule has 3 heteroatoms. The van der Waals surface area contributed by atoms with Crippen molar-refractivity contribution >= 4 is 0 Å². The van der Waals surface area contributed by atoms with Gasteiger partial charge in [-0.15, -0.1) is 0 Å². The first-order valence-electron chi connectivity index (χ1n) is 9.29. The van der Waals surface area contributed by atoms with Crippen molar-refractivity contribution in [2.24, 2.45) is 17.8 Å². The summed E-state index contributed by atoms with van der Waals surface area (Å²) in [4.78, 5) is 0. The maximum atomic E-state index is 10.4. The van der Waals surface area contributed by atoms with Crippen LogP contribution in [-0.2, 0) is 6.54 Å². The standard InChI is InChI=1S/C21H25NO2/c23-20-8-17(19-3-4-24-13-19)1-2-18(20)12-22-21-9-14-5-15(10-21)7-16(6-14)11-21/h1-4,8,13-16,22-23H,5-7,9-12H2. The van der Waals surface area contributed by atoms with Gasteiger partial charge in [-0.25, -0.2) is 0 Å². The summed E-state index contributed by atoms with van der Waals surface area (Å²) in [7, 11) is 0. The Hall–Kier alpha value is -1.74. The van der Waals surface area contributed by atoms with Crippen LogP contribution in [0.5, 0.6) is 5.75 Å². The molecule has 0 amide bonds. The fourth-order valence-corrected chi connectivity index (χ4v) is 5.93. The number of nitrogens with one attached hydrogen (secondary N) is 1. The van der Waals surface area contributed by atoms with Crippen molar-refractivity contribution in [3.8, 4) is 16.9 Å². The predicted molar refractivity (Wildman–Crippen MR) is 93.6 cm³/mol. The third-order valence-electron chi connectivity index (χ3n) is 6.63. The molecule has 2 aromatic rings. The van der Waals surface area contributed by atoms with E-state index in [4.69, 9.17) is 4.42 Å². The maximum absolute atomic E-state index is 10.4. The number of hydrogen-bond acceptors (Lipinski definition) is 3. The van der Waals surface area contributed by atoms with Crippen LogP contribution in [0.25, 0.3) is 11.1 Å². The van der Waals surface area contributed by atoms with Gasteiger partial charge in [0.05, 0.1) is 12.5 Å². The molecule has 24 heavy (non-hydrogen) atoms. The summed E-state index contributed by atoms with van der Waals surface area (Å²) in [5.74, 6) is 3.22. The quantitative estimate of drug-likeness (QED) is 0.856. The van der Waals surface area contributed by atoms with Crippen LogP contribution in [0, 0.1) is 17.8 Å². The molecule has 0 radical (unpaired) electrons. The molecule has 6 rings (SSSR count). The molecule has 0 atom stereocenters. The van der Waals surface area contributed by atoms with Gasteiger partial charge in [-0.2, -0.15) is 0 Å². The molecule has 3 nitrogen and oxygen atoms in total. The minimum Gasteiger partial charge on any atom is -0.508 e. The van der Waals surface area contributed by atoms with E-state index < -0.39 is 0 Å². The maximum Gasteiger partial charge on any atom is 0.120 e. The third-order valence-corrected chi connectivity index (χ3v) is 6.63. The van der Waals surface area contributed by atoms with Gasteiger partial charge in [0.25, 0.3) is 0 Å². The van der Waals surface area contributed by atoms with Crippen LogP contribution in [0.1, 0.15) is 44.1 Å². The molecule has 2 N–H and O–H groups in total. The van der Waals surface area contributed by atoms with E-state index in [-0.39, 0.29) is 0 Å². The van der Waals surface area contributed by atoms with Crippen LogP contribution in [0.15, 0.2) is 41.2 Å². The third kappa shape index (κ3) is 2.46. The van der Waals surface area contributed by atoms with E-state index in [1.54, 1.807) is 12.5 Å². The van der Waals surface area contributed by atoms with Gasteiger partial charge in [-0.3, -0.25) is 0 Å². The average Bonchev–Trinajstić information content (AvgIpc) is 3.07. The minimum absolute atomic E-state index is 0.338. The topological polar surface area (TPSA) is 45.4 Å². The van der Waals surface area contributed by atoms with E-state index in [0.29, 0.717) is 11.3 Å². The number of benzene rings is 1. The van der Waals surface area contributed by atoms with Crippen molar-refractivity contribution in [2.75, 3.05) is 0 Å². The lowest BCUT2D eigenvalue weighted by Gasteiger charge is -2.57. The number of phenols is 1. The number of aromatic hydroxyl groups is 1. The van der Waals surface area contributed by atoms with Gasteiger partial charge >= 0.3 is 0 Å². The minimum atomic E-state index is 0.338. The van der Waals surface area contributed by atoms with Crippen LogP contribution in [0.4, 0.5) is 0 Å². The molecular formula is C21H25NO2. The highest BCUT2D eigenvalue weighted by Crippen LogP contribution is 2.55. The van der Waals surface area contributed by atoms with Gasteiger partial charge < -0.3 is 14.8 Å². The predicted octanol–water partition coefficient (Wildman–Crippen LogP) is 4.71. The lowest BCUT2D eigenvalue weighted by molar-refractivity contribution is -0.0206. The molecule has 0 spiro atoms. The van der Waals surface area contributed by atoms with Gasteiger partial charge in [0.1, 0.15) is 5.75 Å². The van der Waals surface area contributed by atoms with E-state index in [0.717, 1.165) is 41.0 Å². The van der Waals surface area contributed by atoms with Gasteiger partial charge in [-0.05, 0) is 74.0 Å². The fourth-order valence-electron chi connectivity index (χ4n) is 5.93. The average molecular weight is 323 g/mol. The highest BCUT2D eigenvalue weighted by atomic mass is 16.3. The number of furan rings is 1. The van der Waals surface area contributed by atoms with Crippen LogP contribution in [0.2, 0.25) is 0 Å². The molecule has 4 aliphatic rings. The summed E-state index contributed by atoms with van der Waals surface area (Å²) in [5.41, 5.74) is 3.34. The molecule has 4 saturated carbocycles. The van der Waals surface area contributed by atoms with Crippen molar-refractivity contribution in [3.63, 3.8) is 0 Å². The van der Waals surface area contributed by atoms with Crippen LogP contribution in [-0.4, -0.2) is 10.6 Å². The highest BCUT2D eigenvalue weighted by Gasteiger charge is 2.50. The van der Waals surface area contributed by atoms with Crippen molar-refractivity contribution in [1.82, 2.24) is 5.32 Å². The second-order valence-electron chi connectivity index (χ2n) is 8.41. The van der Waals surface area contributed by atoms with E-state index in [1.807, 2.05) is 18.2 Å². The van der Waals surface area contributed by atoms with Gasteiger partial charge in [0.2, 0.25) is 0 Å². The summed E-state index contributed by atoms with van der Waals surface area (Å²) >= 11 is 0. The van der Waals surface area contributed by atoms with Crippen molar-refractivity contribution in [2.45, 2.75) is 50.6 Å². The van der Waals surface area contributed by atoms with Crippen LogP contribution in [0.3, 0.4) is 0 Å². The summed E-state index contributed by atoms with van der Waals surface area (Å²) in [6.45, 7) is 0.768. The first kappa shape index (κ1) is 14.6. The molecule has 4 fully saturated rings. The summed E-state index contributed by atoms with van der Waals surface area (Å²) < 4.78 is 5.13. The second-order valence-corrected chi connectivity index (χ2v) is 8.41. The number of rotatable bonds is 4. The zero-order chi connectivity index (χ0) is 16.1. The molecular weight excluding hydrogens is 298 g/mol. The lowest BCUT2D eigenvalue weighted by atomic mass is 9.53. The van der Waals surface area contributed by atoms with Gasteiger partial charge in [-0.1, -0.05) is 12.1 Å². The monoisotopic (exact) mass is 323 g/mol. The largest absolute Gasteiger partial charge is 0.508 e. The summed E-state index contributed by atoms with van der Waals surface area (Å²) in [5, 5.41) is 14.3. The Labute approximate surface area is 143 Å². The van der Waals surface area contributed by atoms with E-state index in [2.05, 4.69) is 11.4 Å². The summed E-state index contributed by atoms with van der Waals surface area (Å²) in [6.07, 6.45) is 11.8. The normalized spacial score (nSPS) is 33.9. The van der Waals surface area contributed by atoms with E-state index >= 15 is 0 Å². The Morgan fingerprint density at radius 2 is 1.71 bits per heavy atom. The molecule has 4 aliphatic carbocycles. The SMILES string of the molecule is Oc1cc(-c2ccoc2)ccc1CNC12CC3CC(CC(C3)C1)C2. The molecule has 1 heterocycles. The molecule has 126 valence electrons. The van der Waals surface area contributed by atoms with E-state index in [9.17, 15) is 5.11 Å². The Morgan fingerprint density at radius 1 is 1.00 bits per heavy atom. The Balaban J connectivity index is 1.32. The molecule has 0 saturated heterocycles.